The molecule has 1 fully saturated rings. The van der Waals surface area contributed by atoms with Gasteiger partial charge >= 0.3 is 5.97 Å². The molecule has 0 aromatic heterocycles. The molecule has 0 bridgehead atoms. The summed E-state index contributed by atoms with van der Waals surface area (Å²) in [6.07, 6.45) is -1.29. The zero-order chi connectivity index (χ0) is 14.2. The van der Waals surface area contributed by atoms with Gasteiger partial charge in [-0.05, 0) is 18.1 Å². The molecule has 1 aliphatic heterocycles. The minimum Gasteiger partial charge on any atom is -0.456 e. The monoisotopic (exact) mass is 268 g/mol. The van der Waals surface area contributed by atoms with E-state index in [0.717, 1.165) is 11.1 Å². The maximum Gasteiger partial charge on any atom is 0.319 e. The number of carbonyl (C=O) groups is 1. The molecule has 3 heteroatoms. The molecular weight excluding hydrogens is 252 g/mol. The van der Waals surface area contributed by atoms with Crippen LogP contribution < -0.4 is 0 Å². The highest BCUT2D eigenvalue weighted by Gasteiger charge is 2.59. The lowest BCUT2D eigenvalue weighted by Gasteiger charge is -2.47. The van der Waals surface area contributed by atoms with Crippen molar-refractivity contribution in [1.82, 2.24) is 0 Å². The first-order valence-electron chi connectivity index (χ1n) is 6.63. The van der Waals surface area contributed by atoms with Gasteiger partial charge in [-0.25, -0.2) is 0 Å². The second-order valence-electron chi connectivity index (χ2n) is 5.29. The van der Waals surface area contributed by atoms with Gasteiger partial charge in [-0.15, -0.1) is 0 Å². The van der Waals surface area contributed by atoms with Crippen molar-refractivity contribution in [3.63, 3.8) is 0 Å². The van der Waals surface area contributed by atoms with Crippen molar-refractivity contribution >= 4 is 5.97 Å². The van der Waals surface area contributed by atoms with Crippen LogP contribution in [-0.2, 0) is 9.53 Å². The summed E-state index contributed by atoms with van der Waals surface area (Å²) in [5.74, 6) is -0.359. The van der Waals surface area contributed by atoms with Crippen LogP contribution in [0.3, 0.4) is 0 Å². The fourth-order valence-electron chi connectivity index (χ4n) is 2.68. The molecule has 0 radical (unpaired) electrons. The highest BCUT2D eigenvalue weighted by atomic mass is 16.6. The van der Waals surface area contributed by atoms with Crippen molar-refractivity contribution in [1.29, 1.82) is 0 Å². The standard InChI is InChI=1S/C17H16O3/c1-17(14(18)12-8-4-2-5-9-12)15(20-16(17)19)13-10-6-3-7-11-13/h2-11,14-15,18H,1H3/t14?,15-,17-/m0/s1. The van der Waals surface area contributed by atoms with E-state index in [0.29, 0.717) is 0 Å². The number of cyclic esters (lactones) is 1. The molecule has 3 nitrogen and oxygen atoms in total. The van der Waals surface area contributed by atoms with Crippen LogP contribution in [0.1, 0.15) is 30.3 Å². The van der Waals surface area contributed by atoms with Crippen LogP contribution in [0.4, 0.5) is 0 Å². The van der Waals surface area contributed by atoms with Crippen molar-refractivity contribution in [2.24, 2.45) is 5.41 Å². The smallest absolute Gasteiger partial charge is 0.319 e. The Bertz CT molecular complexity index is 565. The Morgan fingerprint density at radius 1 is 1.05 bits per heavy atom. The van der Waals surface area contributed by atoms with Crippen LogP contribution in [0.2, 0.25) is 0 Å². The second kappa shape index (κ2) is 4.76. The Balaban J connectivity index is 1.95. The molecule has 2 aromatic rings. The molecule has 0 amide bonds. The van der Waals surface area contributed by atoms with Crippen LogP contribution in [-0.4, -0.2) is 11.1 Å². The number of ether oxygens (including phenoxy) is 1. The minimum absolute atomic E-state index is 0.359. The fraction of sp³-hybridized carbons (Fsp3) is 0.235. The average Bonchev–Trinajstić information content (AvgIpc) is 2.52. The van der Waals surface area contributed by atoms with Gasteiger partial charge in [0, 0.05) is 0 Å². The Morgan fingerprint density at radius 2 is 1.60 bits per heavy atom. The molecule has 0 spiro atoms. The third-order valence-corrected chi connectivity index (χ3v) is 4.00. The van der Waals surface area contributed by atoms with Gasteiger partial charge in [0.15, 0.2) is 0 Å². The first-order chi connectivity index (χ1) is 9.64. The third kappa shape index (κ3) is 1.82. The number of rotatable bonds is 3. The van der Waals surface area contributed by atoms with E-state index in [1.807, 2.05) is 60.7 Å². The van der Waals surface area contributed by atoms with Crippen LogP contribution in [0, 0.1) is 5.41 Å². The van der Waals surface area contributed by atoms with Crippen molar-refractivity contribution in [3.05, 3.63) is 71.8 Å². The number of hydrogen-bond donors (Lipinski definition) is 1. The number of hydrogen-bond acceptors (Lipinski definition) is 3. The topological polar surface area (TPSA) is 46.5 Å². The van der Waals surface area contributed by atoms with E-state index in [9.17, 15) is 9.90 Å². The fourth-order valence-corrected chi connectivity index (χ4v) is 2.68. The number of aliphatic hydroxyl groups excluding tert-OH is 1. The molecule has 102 valence electrons. The molecule has 2 aromatic carbocycles. The predicted octanol–water partition coefficient (Wildman–Crippen LogP) is 3.02. The van der Waals surface area contributed by atoms with Crippen LogP contribution in [0.15, 0.2) is 60.7 Å². The number of carbonyl (C=O) groups excluding carboxylic acids is 1. The maximum atomic E-state index is 12.0. The van der Waals surface area contributed by atoms with Crippen LogP contribution >= 0.6 is 0 Å². The van der Waals surface area contributed by atoms with Gasteiger partial charge in [-0.3, -0.25) is 4.79 Å². The van der Waals surface area contributed by atoms with Gasteiger partial charge in [0.25, 0.3) is 0 Å². The largest absolute Gasteiger partial charge is 0.456 e. The van der Waals surface area contributed by atoms with Crippen molar-refractivity contribution in [2.75, 3.05) is 0 Å². The zero-order valence-corrected chi connectivity index (χ0v) is 11.2. The van der Waals surface area contributed by atoms with E-state index < -0.39 is 17.6 Å². The van der Waals surface area contributed by atoms with Crippen LogP contribution in [0.25, 0.3) is 0 Å². The Morgan fingerprint density at radius 3 is 2.15 bits per heavy atom. The summed E-state index contributed by atoms with van der Waals surface area (Å²) < 4.78 is 5.28. The van der Waals surface area contributed by atoms with Gasteiger partial charge in [0.2, 0.25) is 0 Å². The summed E-state index contributed by atoms with van der Waals surface area (Å²) in [6.45, 7) is 1.76. The molecular formula is C17H16O3. The van der Waals surface area contributed by atoms with Gasteiger partial charge in [-0.2, -0.15) is 0 Å². The summed E-state index contributed by atoms with van der Waals surface area (Å²) in [7, 11) is 0. The second-order valence-corrected chi connectivity index (χ2v) is 5.29. The predicted molar refractivity (Wildman–Crippen MR) is 74.8 cm³/mol. The lowest BCUT2D eigenvalue weighted by atomic mass is 9.70. The first kappa shape index (κ1) is 12.9. The van der Waals surface area contributed by atoms with Gasteiger partial charge in [0.05, 0.1) is 6.10 Å². The number of benzene rings is 2. The number of esters is 1. The highest BCUT2D eigenvalue weighted by Crippen LogP contribution is 2.54. The van der Waals surface area contributed by atoms with E-state index in [2.05, 4.69) is 0 Å². The molecule has 1 aliphatic rings. The van der Waals surface area contributed by atoms with Gasteiger partial charge in [0.1, 0.15) is 11.5 Å². The molecule has 20 heavy (non-hydrogen) atoms. The first-order valence-corrected chi connectivity index (χ1v) is 6.63. The Hall–Kier alpha value is -2.13. The maximum absolute atomic E-state index is 12.0. The van der Waals surface area contributed by atoms with Crippen molar-refractivity contribution in [2.45, 2.75) is 19.1 Å². The van der Waals surface area contributed by atoms with Crippen LogP contribution in [0.5, 0.6) is 0 Å². The van der Waals surface area contributed by atoms with E-state index in [-0.39, 0.29) is 5.97 Å². The SMILES string of the molecule is C[C@@]1(C(O)c2ccccc2)C(=O)O[C@H]1c1ccccc1. The summed E-state index contributed by atoms with van der Waals surface area (Å²) in [6, 6.07) is 18.8. The Labute approximate surface area is 117 Å². The van der Waals surface area contributed by atoms with E-state index >= 15 is 0 Å². The lowest BCUT2D eigenvalue weighted by molar-refractivity contribution is -0.224. The van der Waals surface area contributed by atoms with E-state index in [4.69, 9.17) is 4.74 Å². The zero-order valence-electron chi connectivity index (χ0n) is 11.2. The average molecular weight is 268 g/mol. The van der Waals surface area contributed by atoms with E-state index in [1.54, 1.807) is 6.92 Å². The number of aliphatic hydroxyl groups is 1. The summed E-state index contributed by atoms with van der Waals surface area (Å²) in [5, 5.41) is 10.6. The summed E-state index contributed by atoms with van der Waals surface area (Å²) in [5.41, 5.74) is 0.695. The molecule has 3 atom stereocenters. The van der Waals surface area contributed by atoms with Crippen molar-refractivity contribution < 1.29 is 14.6 Å². The van der Waals surface area contributed by atoms with Gasteiger partial charge in [-0.1, -0.05) is 60.7 Å². The molecule has 1 saturated heterocycles. The molecule has 1 N–H and O–H groups in total. The molecule has 3 rings (SSSR count). The molecule has 0 aliphatic carbocycles. The van der Waals surface area contributed by atoms with Crippen molar-refractivity contribution in [3.8, 4) is 0 Å². The minimum atomic E-state index is -0.942. The van der Waals surface area contributed by atoms with Gasteiger partial charge < -0.3 is 9.84 Å². The molecule has 0 saturated carbocycles. The van der Waals surface area contributed by atoms with E-state index in [1.165, 1.54) is 0 Å². The normalized spacial score (nSPS) is 26.5. The molecule has 1 heterocycles. The quantitative estimate of drug-likeness (QED) is 0.870. The third-order valence-electron chi connectivity index (χ3n) is 4.00. The summed E-state index contributed by atoms with van der Waals surface area (Å²) in [4.78, 5) is 12.0. The highest BCUT2D eigenvalue weighted by molar-refractivity contribution is 5.84. The molecule has 1 unspecified atom stereocenters. The Kier molecular flexibility index (Phi) is 3.07. The lowest BCUT2D eigenvalue weighted by Crippen LogP contribution is -2.52. The summed E-state index contributed by atoms with van der Waals surface area (Å²) >= 11 is 0.